The van der Waals surface area contributed by atoms with Crippen molar-refractivity contribution in [1.82, 2.24) is 5.32 Å². The molecule has 0 saturated carbocycles. The third-order valence-electron chi connectivity index (χ3n) is 3.17. The summed E-state index contributed by atoms with van der Waals surface area (Å²) in [6, 6.07) is 13.9. The number of rotatable bonds is 5. The Morgan fingerprint density at radius 2 is 1.48 bits per heavy atom. The van der Waals surface area contributed by atoms with Crippen molar-refractivity contribution in [3.8, 4) is 0 Å². The van der Waals surface area contributed by atoms with Gasteiger partial charge in [-0.25, -0.2) is 9.59 Å². The van der Waals surface area contributed by atoms with Crippen LogP contribution in [0.4, 0.5) is 26.7 Å². The summed E-state index contributed by atoms with van der Waals surface area (Å²) in [5.74, 6) is -0.548. The number of carbonyl (C=O) groups is 3. The van der Waals surface area contributed by atoms with Crippen LogP contribution < -0.4 is 27.0 Å². The first-order chi connectivity index (χ1) is 11.9. The largest absolute Gasteiger partial charge is 0.374 e. The van der Waals surface area contributed by atoms with Gasteiger partial charge in [0, 0.05) is 17.1 Å². The number of carbonyl (C=O) groups excluding carboxylic acids is 3. The summed E-state index contributed by atoms with van der Waals surface area (Å²) in [4.78, 5) is 34.4. The van der Waals surface area contributed by atoms with E-state index in [0.717, 1.165) is 0 Å². The summed E-state index contributed by atoms with van der Waals surface area (Å²) in [6.45, 7) is 1.58. The number of hydrogen-bond acceptors (Lipinski definition) is 4. The molecule has 0 spiro atoms. The second-order valence-electron chi connectivity index (χ2n) is 5.25. The average molecular weight is 341 g/mol. The van der Waals surface area contributed by atoms with Gasteiger partial charge in [-0.3, -0.25) is 10.1 Å². The molecule has 0 aliphatic heterocycles. The van der Waals surface area contributed by atoms with Crippen molar-refractivity contribution >= 4 is 35.0 Å². The zero-order valence-corrected chi connectivity index (χ0v) is 13.6. The Bertz CT molecular complexity index is 764. The highest BCUT2D eigenvalue weighted by atomic mass is 16.2. The zero-order chi connectivity index (χ0) is 18.2. The normalized spacial score (nSPS) is 11.1. The van der Waals surface area contributed by atoms with Gasteiger partial charge in [0.05, 0.1) is 0 Å². The molecule has 0 aliphatic rings. The summed E-state index contributed by atoms with van der Waals surface area (Å²) in [7, 11) is 0. The third-order valence-corrected chi connectivity index (χ3v) is 3.17. The van der Waals surface area contributed by atoms with Gasteiger partial charge in [0.15, 0.2) is 0 Å². The molecule has 1 atom stereocenters. The molecule has 0 aromatic heterocycles. The summed E-state index contributed by atoms with van der Waals surface area (Å²) in [5.41, 5.74) is 6.73. The molecule has 0 aliphatic carbocycles. The van der Waals surface area contributed by atoms with E-state index < -0.39 is 18.0 Å². The van der Waals surface area contributed by atoms with Crippen LogP contribution in [0, 0.1) is 0 Å². The lowest BCUT2D eigenvalue weighted by Crippen LogP contribution is -2.43. The number of anilines is 3. The molecule has 2 aromatic rings. The Morgan fingerprint density at radius 3 is 2.16 bits per heavy atom. The Morgan fingerprint density at radius 1 is 0.880 bits per heavy atom. The van der Waals surface area contributed by atoms with Crippen LogP contribution >= 0.6 is 0 Å². The highest BCUT2D eigenvalue weighted by Crippen LogP contribution is 2.16. The fourth-order valence-electron chi connectivity index (χ4n) is 2.05. The van der Waals surface area contributed by atoms with E-state index in [2.05, 4.69) is 16.0 Å². The maximum Gasteiger partial charge on any atom is 0.323 e. The van der Waals surface area contributed by atoms with Crippen LogP contribution in [0.5, 0.6) is 0 Å². The van der Waals surface area contributed by atoms with E-state index in [1.54, 1.807) is 43.3 Å². The van der Waals surface area contributed by atoms with Crippen molar-refractivity contribution in [2.24, 2.45) is 5.73 Å². The lowest BCUT2D eigenvalue weighted by molar-refractivity contribution is -0.120. The quantitative estimate of drug-likeness (QED) is 0.572. The number of imide groups is 1. The van der Waals surface area contributed by atoms with Gasteiger partial charge in [-0.15, -0.1) is 0 Å². The molecule has 2 rings (SSSR count). The molecule has 6 N–H and O–H groups in total. The lowest BCUT2D eigenvalue weighted by Gasteiger charge is -2.15. The molecule has 1 unspecified atom stereocenters. The number of primary amides is 1. The molecule has 0 radical (unpaired) electrons. The van der Waals surface area contributed by atoms with Gasteiger partial charge in [-0.2, -0.15) is 0 Å². The van der Waals surface area contributed by atoms with Crippen LogP contribution in [0.25, 0.3) is 0 Å². The van der Waals surface area contributed by atoms with E-state index in [4.69, 9.17) is 5.73 Å². The fourth-order valence-corrected chi connectivity index (χ4v) is 2.05. The van der Waals surface area contributed by atoms with Crippen molar-refractivity contribution in [2.45, 2.75) is 13.0 Å². The molecule has 0 bridgehead atoms. The predicted molar refractivity (Wildman–Crippen MR) is 96.3 cm³/mol. The topological polar surface area (TPSA) is 125 Å². The molecule has 25 heavy (non-hydrogen) atoms. The number of hydrogen-bond donors (Lipinski definition) is 5. The zero-order valence-electron chi connectivity index (χ0n) is 13.6. The first kappa shape index (κ1) is 17.8. The molecular formula is C17H19N5O3. The number of amides is 5. The Kier molecular flexibility index (Phi) is 5.94. The monoisotopic (exact) mass is 341 g/mol. The smallest absolute Gasteiger partial charge is 0.323 e. The van der Waals surface area contributed by atoms with Crippen LogP contribution in [-0.4, -0.2) is 24.0 Å². The minimum Gasteiger partial charge on any atom is -0.374 e. The Hall–Kier alpha value is -3.55. The van der Waals surface area contributed by atoms with E-state index in [-0.39, 0.29) is 6.03 Å². The van der Waals surface area contributed by atoms with Gasteiger partial charge in [0.2, 0.25) is 5.91 Å². The Labute approximate surface area is 144 Å². The van der Waals surface area contributed by atoms with E-state index in [9.17, 15) is 14.4 Å². The minimum absolute atomic E-state index is 0.386. The van der Waals surface area contributed by atoms with E-state index >= 15 is 0 Å². The number of nitrogens with two attached hydrogens (primary N) is 1. The third kappa shape index (κ3) is 5.87. The minimum atomic E-state index is -0.911. The van der Waals surface area contributed by atoms with Gasteiger partial charge in [0.25, 0.3) is 0 Å². The van der Waals surface area contributed by atoms with Crippen molar-refractivity contribution in [2.75, 3.05) is 16.0 Å². The van der Waals surface area contributed by atoms with Crippen LogP contribution in [0.3, 0.4) is 0 Å². The average Bonchev–Trinajstić information content (AvgIpc) is 2.55. The maximum atomic E-state index is 12.0. The molecule has 0 fully saturated rings. The SMILES string of the molecule is CC(Nc1cccc(NC(=O)Nc2ccccc2)c1)C(=O)NC(N)=O. The van der Waals surface area contributed by atoms with E-state index in [1.807, 2.05) is 23.5 Å². The van der Waals surface area contributed by atoms with Crippen molar-refractivity contribution in [3.05, 3.63) is 54.6 Å². The molecule has 2 aromatic carbocycles. The van der Waals surface area contributed by atoms with Crippen molar-refractivity contribution in [3.63, 3.8) is 0 Å². The number of urea groups is 2. The molecular weight excluding hydrogens is 322 g/mol. The highest BCUT2D eigenvalue weighted by molar-refractivity contribution is 6.00. The van der Waals surface area contributed by atoms with Crippen LogP contribution in [-0.2, 0) is 4.79 Å². The van der Waals surface area contributed by atoms with Gasteiger partial charge in [-0.05, 0) is 37.3 Å². The van der Waals surface area contributed by atoms with E-state index in [1.165, 1.54) is 0 Å². The van der Waals surface area contributed by atoms with Crippen molar-refractivity contribution < 1.29 is 14.4 Å². The van der Waals surface area contributed by atoms with E-state index in [0.29, 0.717) is 17.1 Å². The van der Waals surface area contributed by atoms with Crippen LogP contribution in [0.15, 0.2) is 54.6 Å². The lowest BCUT2D eigenvalue weighted by atomic mass is 10.2. The number of benzene rings is 2. The van der Waals surface area contributed by atoms with Crippen LogP contribution in [0.2, 0.25) is 0 Å². The molecule has 5 amide bonds. The summed E-state index contributed by atoms with van der Waals surface area (Å²) in [5, 5.41) is 10.3. The van der Waals surface area contributed by atoms with Gasteiger partial charge in [0.1, 0.15) is 6.04 Å². The molecule has 130 valence electrons. The predicted octanol–water partition coefficient (Wildman–Crippen LogP) is 2.33. The Balaban J connectivity index is 1.95. The second kappa shape index (κ2) is 8.34. The number of para-hydroxylation sites is 1. The highest BCUT2D eigenvalue weighted by Gasteiger charge is 2.14. The first-order valence-corrected chi connectivity index (χ1v) is 7.54. The molecule has 0 heterocycles. The van der Waals surface area contributed by atoms with Crippen molar-refractivity contribution in [1.29, 1.82) is 0 Å². The maximum absolute atomic E-state index is 12.0. The number of nitrogens with one attached hydrogen (secondary N) is 4. The van der Waals surface area contributed by atoms with Gasteiger partial charge >= 0.3 is 12.1 Å². The molecule has 0 saturated heterocycles. The summed E-state index contributed by atoms with van der Waals surface area (Å²) >= 11 is 0. The van der Waals surface area contributed by atoms with Gasteiger partial charge < -0.3 is 21.7 Å². The fraction of sp³-hybridized carbons (Fsp3) is 0.118. The molecule has 8 heteroatoms. The van der Waals surface area contributed by atoms with Gasteiger partial charge in [-0.1, -0.05) is 24.3 Å². The second-order valence-corrected chi connectivity index (χ2v) is 5.25. The first-order valence-electron chi connectivity index (χ1n) is 7.54. The molecule has 8 nitrogen and oxygen atoms in total. The standard InChI is InChI=1S/C17H19N5O3/c1-11(15(23)22-16(18)24)19-13-8-5-9-14(10-13)21-17(25)20-12-6-3-2-4-7-12/h2-11,19H,1H3,(H2,20,21,25)(H3,18,22,23,24). The van der Waals surface area contributed by atoms with Crippen LogP contribution in [0.1, 0.15) is 6.92 Å². The summed E-state index contributed by atoms with van der Waals surface area (Å²) < 4.78 is 0. The summed E-state index contributed by atoms with van der Waals surface area (Å²) in [6.07, 6.45) is 0.